The van der Waals surface area contributed by atoms with Gasteiger partial charge in [-0.3, -0.25) is 14.6 Å². The molecule has 0 fully saturated rings. The molecule has 1 aromatic carbocycles. The van der Waals surface area contributed by atoms with Crippen LogP contribution in [0.5, 0.6) is 5.75 Å². The zero-order valence-electron chi connectivity index (χ0n) is 9.31. The summed E-state index contributed by atoms with van der Waals surface area (Å²) in [6.07, 6.45) is 1.79. The summed E-state index contributed by atoms with van der Waals surface area (Å²) in [5.74, 6) is 0.754. The molecule has 2 rings (SSSR count). The third-order valence-electron chi connectivity index (χ3n) is 2.09. The van der Waals surface area contributed by atoms with Gasteiger partial charge in [0.2, 0.25) is 0 Å². The lowest BCUT2D eigenvalue weighted by molar-refractivity contribution is 0.241. The second-order valence-electron chi connectivity index (χ2n) is 3.80. The highest BCUT2D eigenvalue weighted by atomic mass is 16.5. The molecule has 1 heterocycles. The van der Waals surface area contributed by atoms with E-state index < -0.39 is 0 Å². The molecule has 0 unspecified atom stereocenters. The van der Waals surface area contributed by atoms with Crippen molar-refractivity contribution in [3.63, 3.8) is 0 Å². The van der Waals surface area contributed by atoms with Gasteiger partial charge in [0.1, 0.15) is 11.4 Å². The molecule has 0 aliphatic carbocycles. The van der Waals surface area contributed by atoms with Gasteiger partial charge in [0.05, 0.1) is 6.10 Å². The maximum Gasteiger partial charge on any atom is 0.264 e. The van der Waals surface area contributed by atoms with Gasteiger partial charge in [-0.1, -0.05) is 12.1 Å². The summed E-state index contributed by atoms with van der Waals surface area (Å²) in [6, 6.07) is 9.07. The summed E-state index contributed by atoms with van der Waals surface area (Å²) in [6.45, 7) is 3.93. The predicted molar refractivity (Wildman–Crippen MR) is 62.2 cm³/mol. The zero-order valence-corrected chi connectivity index (χ0v) is 9.31. The molecule has 2 aromatic rings. The van der Waals surface area contributed by atoms with Gasteiger partial charge >= 0.3 is 0 Å². The van der Waals surface area contributed by atoms with Gasteiger partial charge in [0, 0.05) is 12.3 Å². The van der Waals surface area contributed by atoms with Crippen molar-refractivity contribution in [1.82, 2.24) is 9.78 Å². The van der Waals surface area contributed by atoms with Crippen LogP contribution in [0.4, 0.5) is 0 Å². The van der Waals surface area contributed by atoms with Crippen molar-refractivity contribution in [3.8, 4) is 11.4 Å². The summed E-state index contributed by atoms with van der Waals surface area (Å²) < 4.78 is 7.32. The van der Waals surface area contributed by atoms with E-state index in [9.17, 15) is 4.79 Å². The summed E-state index contributed by atoms with van der Waals surface area (Å²) in [4.78, 5) is 11.1. The molecule has 84 valence electrons. The van der Waals surface area contributed by atoms with Crippen molar-refractivity contribution in [2.45, 2.75) is 20.0 Å². The third kappa shape index (κ3) is 2.16. The van der Waals surface area contributed by atoms with E-state index in [1.54, 1.807) is 10.9 Å². The van der Waals surface area contributed by atoms with Crippen LogP contribution in [0.1, 0.15) is 13.8 Å². The number of nitrogens with zero attached hydrogens (tertiary/aromatic N) is 1. The molecule has 0 saturated heterocycles. The molecule has 0 aliphatic heterocycles. The Balaban J connectivity index is 2.44. The van der Waals surface area contributed by atoms with Gasteiger partial charge in [-0.05, 0) is 26.0 Å². The number of hydrogen-bond acceptors (Lipinski definition) is 2. The topological polar surface area (TPSA) is 47.0 Å². The number of rotatable bonds is 3. The van der Waals surface area contributed by atoms with Crippen LogP contribution in [-0.2, 0) is 0 Å². The molecule has 1 N–H and O–H groups in total. The molecule has 0 radical (unpaired) electrons. The highest BCUT2D eigenvalue weighted by Crippen LogP contribution is 2.22. The fraction of sp³-hybridized carbons (Fsp3) is 0.250. The first-order valence-corrected chi connectivity index (χ1v) is 5.20. The van der Waals surface area contributed by atoms with E-state index in [0.717, 1.165) is 11.4 Å². The maximum atomic E-state index is 11.1. The minimum absolute atomic E-state index is 0.100. The van der Waals surface area contributed by atoms with E-state index in [2.05, 4.69) is 5.10 Å². The van der Waals surface area contributed by atoms with Crippen LogP contribution in [-0.4, -0.2) is 15.9 Å². The van der Waals surface area contributed by atoms with Crippen molar-refractivity contribution in [2.24, 2.45) is 0 Å². The highest BCUT2D eigenvalue weighted by molar-refractivity contribution is 5.45. The second-order valence-corrected chi connectivity index (χ2v) is 3.80. The Morgan fingerprint density at radius 2 is 2.00 bits per heavy atom. The second kappa shape index (κ2) is 4.26. The van der Waals surface area contributed by atoms with Gasteiger partial charge < -0.3 is 4.74 Å². The van der Waals surface area contributed by atoms with E-state index in [1.807, 2.05) is 38.1 Å². The van der Waals surface area contributed by atoms with Crippen molar-refractivity contribution in [1.29, 1.82) is 0 Å². The molecule has 0 atom stereocenters. The Labute approximate surface area is 93.5 Å². The lowest BCUT2D eigenvalue weighted by atomic mass is 10.3. The fourth-order valence-electron chi connectivity index (χ4n) is 1.49. The van der Waals surface area contributed by atoms with Crippen molar-refractivity contribution >= 4 is 0 Å². The Hall–Kier alpha value is -1.97. The van der Waals surface area contributed by atoms with E-state index >= 15 is 0 Å². The van der Waals surface area contributed by atoms with Crippen molar-refractivity contribution in [3.05, 3.63) is 46.9 Å². The Morgan fingerprint density at radius 3 is 2.62 bits per heavy atom. The molecule has 0 saturated carbocycles. The first-order valence-electron chi connectivity index (χ1n) is 5.20. The number of benzene rings is 1. The normalized spacial score (nSPS) is 10.7. The molecular formula is C12H14N2O2. The smallest absolute Gasteiger partial charge is 0.264 e. The fourth-order valence-corrected chi connectivity index (χ4v) is 1.49. The molecule has 16 heavy (non-hydrogen) atoms. The van der Waals surface area contributed by atoms with Crippen LogP contribution in [0.25, 0.3) is 5.69 Å². The number of ether oxygens (including phenoxy) is 1. The van der Waals surface area contributed by atoms with Crippen LogP contribution in [0, 0.1) is 0 Å². The number of nitrogens with one attached hydrogen (secondary N) is 1. The minimum Gasteiger partial charge on any atom is -0.489 e. The maximum absolute atomic E-state index is 11.1. The van der Waals surface area contributed by atoms with Crippen LogP contribution in [0.15, 0.2) is 41.3 Å². The van der Waals surface area contributed by atoms with Gasteiger partial charge in [0.25, 0.3) is 5.56 Å². The molecule has 0 amide bonds. The van der Waals surface area contributed by atoms with E-state index in [1.165, 1.54) is 6.07 Å². The van der Waals surface area contributed by atoms with Gasteiger partial charge in [-0.25, -0.2) is 0 Å². The predicted octanol–water partition coefficient (Wildman–Crippen LogP) is 1.95. The van der Waals surface area contributed by atoms with Gasteiger partial charge in [-0.15, -0.1) is 0 Å². The molecular weight excluding hydrogens is 204 g/mol. The van der Waals surface area contributed by atoms with Crippen molar-refractivity contribution in [2.75, 3.05) is 0 Å². The standard InChI is InChI=1S/C12H14N2O2/c1-9(2)16-11-6-4-3-5-10(11)14-8-7-12(15)13-14/h3-9H,1-2H3,(H,13,15). The first kappa shape index (κ1) is 10.5. The Kier molecular flexibility index (Phi) is 2.81. The van der Waals surface area contributed by atoms with E-state index in [0.29, 0.717) is 0 Å². The van der Waals surface area contributed by atoms with Crippen LogP contribution >= 0.6 is 0 Å². The summed E-state index contributed by atoms with van der Waals surface area (Å²) in [7, 11) is 0. The first-order chi connectivity index (χ1) is 7.66. The zero-order chi connectivity index (χ0) is 11.5. The van der Waals surface area contributed by atoms with Gasteiger partial charge in [-0.2, -0.15) is 0 Å². The van der Waals surface area contributed by atoms with Crippen LogP contribution in [0.2, 0.25) is 0 Å². The average Bonchev–Trinajstić information content (AvgIpc) is 2.65. The molecule has 0 spiro atoms. The Morgan fingerprint density at radius 1 is 1.25 bits per heavy atom. The summed E-state index contributed by atoms with van der Waals surface area (Å²) in [5, 5.41) is 2.69. The van der Waals surface area contributed by atoms with E-state index in [4.69, 9.17) is 4.74 Å². The molecule has 0 bridgehead atoms. The lowest BCUT2D eigenvalue weighted by Crippen LogP contribution is -2.10. The molecule has 4 nitrogen and oxygen atoms in total. The number of aromatic nitrogens is 2. The van der Waals surface area contributed by atoms with Crippen LogP contribution in [0.3, 0.4) is 0 Å². The largest absolute Gasteiger partial charge is 0.489 e. The quantitative estimate of drug-likeness (QED) is 0.856. The number of hydrogen-bond donors (Lipinski definition) is 1. The number of para-hydroxylation sites is 2. The third-order valence-corrected chi connectivity index (χ3v) is 2.09. The highest BCUT2D eigenvalue weighted by Gasteiger charge is 2.06. The van der Waals surface area contributed by atoms with Gasteiger partial charge in [0.15, 0.2) is 0 Å². The average molecular weight is 218 g/mol. The lowest BCUT2D eigenvalue weighted by Gasteiger charge is -2.14. The minimum atomic E-state index is -0.126. The Bertz CT molecular complexity index is 526. The monoisotopic (exact) mass is 218 g/mol. The van der Waals surface area contributed by atoms with Crippen molar-refractivity contribution < 1.29 is 4.74 Å². The summed E-state index contributed by atoms with van der Waals surface area (Å²) >= 11 is 0. The molecule has 1 aromatic heterocycles. The number of aromatic amines is 1. The van der Waals surface area contributed by atoms with E-state index in [-0.39, 0.29) is 11.7 Å². The summed E-state index contributed by atoms with van der Waals surface area (Å²) in [5.41, 5.74) is 0.706. The SMILES string of the molecule is CC(C)Oc1ccccc1-n1ccc(=O)[nH]1. The number of H-pyrrole nitrogens is 1. The van der Waals surface area contributed by atoms with Crippen LogP contribution < -0.4 is 10.3 Å². The molecule has 0 aliphatic rings. The molecule has 4 heteroatoms.